The van der Waals surface area contributed by atoms with Crippen molar-refractivity contribution in [3.63, 3.8) is 0 Å². The van der Waals surface area contributed by atoms with E-state index in [1.165, 1.54) is 5.57 Å². The zero-order valence-corrected chi connectivity index (χ0v) is 5.57. The van der Waals surface area contributed by atoms with Crippen molar-refractivity contribution in [1.82, 2.24) is 0 Å². The molecule has 0 aromatic rings. The van der Waals surface area contributed by atoms with Crippen LogP contribution in [0.4, 0.5) is 0 Å². The molecule has 0 aliphatic heterocycles. The maximum absolute atomic E-state index is 5.45. The van der Waals surface area contributed by atoms with Crippen LogP contribution in [0.2, 0.25) is 0 Å². The molecule has 0 rings (SSSR count). The highest BCUT2D eigenvalue weighted by atomic mass is 14.6. The highest BCUT2D eigenvalue weighted by Crippen LogP contribution is 2.01. The first-order valence-electron chi connectivity index (χ1n) is 2.71. The van der Waals surface area contributed by atoms with Crippen molar-refractivity contribution in [2.45, 2.75) is 20.3 Å². The molecule has 0 amide bonds. The van der Waals surface area contributed by atoms with Crippen LogP contribution in [0, 0.1) is 0 Å². The fourth-order valence-corrected chi connectivity index (χ4v) is 0.377. The van der Waals surface area contributed by atoms with Crippen molar-refractivity contribution in [2.75, 3.05) is 0 Å². The molecule has 0 bridgehead atoms. The number of rotatable bonds is 2. The lowest BCUT2D eigenvalue weighted by Crippen LogP contribution is -1.94. The Kier molecular flexibility index (Phi) is 3.01. The van der Waals surface area contributed by atoms with Crippen molar-refractivity contribution in [3.05, 3.63) is 23.9 Å². The standard InChI is InChI=1S/C7H13N/c1-4-5-6(2)7(3)8/h4H,1,5,8H2,2-3H3. The van der Waals surface area contributed by atoms with Crippen LogP contribution in [0.25, 0.3) is 0 Å². The van der Waals surface area contributed by atoms with Crippen molar-refractivity contribution < 1.29 is 0 Å². The largest absolute Gasteiger partial charge is 0.402 e. The Bertz CT molecular complexity index is 108. The number of hydrogen-bond acceptors (Lipinski definition) is 1. The fourth-order valence-electron chi connectivity index (χ4n) is 0.377. The first kappa shape index (κ1) is 7.28. The highest BCUT2D eigenvalue weighted by Gasteiger charge is 1.85. The Morgan fingerprint density at radius 1 is 1.62 bits per heavy atom. The van der Waals surface area contributed by atoms with Gasteiger partial charge in [-0.05, 0) is 20.3 Å². The molecule has 2 N–H and O–H groups in total. The lowest BCUT2D eigenvalue weighted by Gasteiger charge is -1.96. The van der Waals surface area contributed by atoms with E-state index in [0.717, 1.165) is 12.1 Å². The number of allylic oxidation sites excluding steroid dienone is 3. The molecule has 1 heteroatoms. The zero-order chi connectivity index (χ0) is 6.57. The summed E-state index contributed by atoms with van der Waals surface area (Å²) in [4.78, 5) is 0. The maximum atomic E-state index is 5.45. The van der Waals surface area contributed by atoms with Crippen LogP contribution in [0.1, 0.15) is 20.3 Å². The zero-order valence-electron chi connectivity index (χ0n) is 5.57. The van der Waals surface area contributed by atoms with E-state index in [4.69, 9.17) is 5.73 Å². The molecule has 0 atom stereocenters. The fraction of sp³-hybridized carbons (Fsp3) is 0.429. The molecule has 8 heavy (non-hydrogen) atoms. The van der Waals surface area contributed by atoms with Gasteiger partial charge in [0.15, 0.2) is 0 Å². The van der Waals surface area contributed by atoms with E-state index in [2.05, 4.69) is 6.58 Å². The van der Waals surface area contributed by atoms with Gasteiger partial charge in [0.25, 0.3) is 0 Å². The molecule has 0 aliphatic rings. The van der Waals surface area contributed by atoms with E-state index in [0.29, 0.717) is 0 Å². The van der Waals surface area contributed by atoms with Gasteiger partial charge in [-0.1, -0.05) is 11.6 Å². The minimum Gasteiger partial charge on any atom is -0.402 e. The van der Waals surface area contributed by atoms with Crippen molar-refractivity contribution in [1.29, 1.82) is 0 Å². The molecule has 0 saturated heterocycles. The van der Waals surface area contributed by atoms with E-state index in [1.54, 1.807) is 0 Å². The summed E-state index contributed by atoms with van der Waals surface area (Å²) in [6, 6.07) is 0. The predicted octanol–water partition coefficient (Wildman–Crippen LogP) is 1.82. The molecule has 0 aliphatic carbocycles. The summed E-state index contributed by atoms with van der Waals surface area (Å²) in [5.74, 6) is 0. The molecule has 1 nitrogen and oxygen atoms in total. The Morgan fingerprint density at radius 2 is 2.12 bits per heavy atom. The molecule has 0 aromatic heterocycles. The van der Waals surface area contributed by atoms with Gasteiger partial charge in [0.05, 0.1) is 0 Å². The van der Waals surface area contributed by atoms with Crippen LogP contribution in [-0.2, 0) is 0 Å². The first-order valence-corrected chi connectivity index (χ1v) is 2.71. The van der Waals surface area contributed by atoms with Gasteiger partial charge in [-0.15, -0.1) is 6.58 Å². The second-order valence-corrected chi connectivity index (χ2v) is 1.96. The Morgan fingerprint density at radius 3 is 2.25 bits per heavy atom. The molecule has 0 fully saturated rings. The predicted molar refractivity (Wildman–Crippen MR) is 37.4 cm³/mol. The number of hydrogen-bond donors (Lipinski definition) is 1. The van der Waals surface area contributed by atoms with Gasteiger partial charge in [0.1, 0.15) is 0 Å². The molecular weight excluding hydrogens is 98.1 g/mol. The van der Waals surface area contributed by atoms with Crippen LogP contribution < -0.4 is 5.73 Å². The van der Waals surface area contributed by atoms with Gasteiger partial charge in [0, 0.05) is 5.70 Å². The quantitative estimate of drug-likeness (QED) is 0.540. The Hall–Kier alpha value is -0.720. The minimum atomic E-state index is 0.905. The van der Waals surface area contributed by atoms with Crippen LogP contribution in [0.3, 0.4) is 0 Å². The van der Waals surface area contributed by atoms with Crippen molar-refractivity contribution in [3.8, 4) is 0 Å². The van der Waals surface area contributed by atoms with E-state index < -0.39 is 0 Å². The molecule has 46 valence electrons. The van der Waals surface area contributed by atoms with Crippen molar-refractivity contribution >= 4 is 0 Å². The highest BCUT2D eigenvalue weighted by molar-refractivity contribution is 5.08. The van der Waals surface area contributed by atoms with E-state index in [1.807, 2.05) is 19.9 Å². The van der Waals surface area contributed by atoms with Crippen LogP contribution in [0.15, 0.2) is 23.9 Å². The number of nitrogens with two attached hydrogens (primary N) is 1. The molecular formula is C7H13N. The summed E-state index contributed by atoms with van der Waals surface area (Å²) in [6.45, 7) is 7.51. The summed E-state index contributed by atoms with van der Waals surface area (Å²) in [7, 11) is 0. The molecule has 0 spiro atoms. The van der Waals surface area contributed by atoms with Gasteiger partial charge < -0.3 is 5.73 Å². The molecule has 0 aromatic carbocycles. The maximum Gasteiger partial charge on any atom is 0.00411 e. The minimum absolute atomic E-state index is 0.905. The smallest absolute Gasteiger partial charge is 0.00411 e. The molecule has 0 unspecified atom stereocenters. The van der Waals surface area contributed by atoms with E-state index >= 15 is 0 Å². The third-order valence-corrected chi connectivity index (χ3v) is 1.12. The second-order valence-electron chi connectivity index (χ2n) is 1.96. The van der Waals surface area contributed by atoms with Crippen LogP contribution >= 0.6 is 0 Å². The average molecular weight is 111 g/mol. The summed E-state index contributed by atoms with van der Waals surface area (Å²) >= 11 is 0. The van der Waals surface area contributed by atoms with Gasteiger partial charge in [-0.3, -0.25) is 0 Å². The molecule has 0 heterocycles. The average Bonchev–Trinajstić information content (AvgIpc) is 1.67. The first-order chi connectivity index (χ1) is 3.68. The van der Waals surface area contributed by atoms with Gasteiger partial charge in [-0.2, -0.15) is 0 Å². The van der Waals surface area contributed by atoms with Gasteiger partial charge >= 0.3 is 0 Å². The topological polar surface area (TPSA) is 26.0 Å². The Labute approximate surface area is 50.9 Å². The SMILES string of the molecule is C=CCC(C)=C(C)N. The molecule has 0 saturated carbocycles. The summed E-state index contributed by atoms with van der Waals surface area (Å²) < 4.78 is 0. The second kappa shape index (κ2) is 3.30. The summed E-state index contributed by atoms with van der Waals surface area (Å²) in [5.41, 5.74) is 7.57. The lowest BCUT2D eigenvalue weighted by atomic mass is 10.2. The third kappa shape index (κ3) is 2.45. The molecule has 0 radical (unpaired) electrons. The third-order valence-electron chi connectivity index (χ3n) is 1.12. The lowest BCUT2D eigenvalue weighted by molar-refractivity contribution is 1.11. The van der Waals surface area contributed by atoms with Crippen LogP contribution in [-0.4, -0.2) is 0 Å². The van der Waals surface area contributed by atoms with Crippen molar-refractivity contribution in [2.24, 2.45) is 5.73 Å². The van der Waals surface area contributed by atoms with Gasteiger partial charge in [0.2, 0.25) is 0 Å². The summed E-state index contributed by atoms with van der Waals surface area (Å²) in [5, 5.41) is 0. The van der Waals surface area contributed by atoms with Crippen LogP contribution in [0.5, 0.6) is 0 Å². The summed E-state index contributed by atoms with van der Waals surface area (Å²) in [6.07, 6.45) is 2.76. The van der Waals surface area contributed by atoms with E-state index in [-0.39, 0.29) is 0 Å². The van der Waals surface area contributed by atoms with Gasteiger partial charge in [-0.25, -0.2) is 0 Å². The monoisotopic (exact) mass is 111 g/mol. The van der Waals surface area contributed by atoms with E-state index in [9.17, 15) is 0 Å². The normalized spacial score (nSPS) is 12.8. The Balaban J connectivity index is 3.79.